The van der Waals surface area contributed by atoms with E-state index in [0.717, 1.165) is 19.3 Å². The molecule has 0 radical (unpaired) electrons. The van der Waals surface area contributed by atoms with Gasteiger partial charge in [-0.1, -0.05) is 6.42 Å². The molecule has 3 N–H and O–H groups in total. The van der Waals surface area contributed by atoms with Gasteiger partial charge < -0.3 is 5.32 Å². The maximum absolute atomic E-state index is 13.7. The number of carbonyl (C=O) groups excluding carboxylic acids is 1. The summed E-state index contributed by atoms with van der Waals surface area (Å²) in [6.07, 6.45) is 3.13. The van der Waals surface area contributed by atoms with E-state index >= 15 is 0 Å². The molecule has 8 heteroatoms. The highest BCUT2D eigenvalue weighted by Gasteiger charge is 2.23. The SMILES string of the molecule is NS(=O)(=O)c1cc(F)c(NC(=O)CC2CCC2)c(F)c1. The van der Waals surface area contributed by atoms with Crippen LogP contribution in [0.25, 0.3) is 0 Å². The molecule has 1 aliphatic carbocycles. The van der Waals surface area contributed by atoms with Crippen LogP contribution in [0.4, 0.5) is 14.5 Å². The Labute approximate surface area is 115 Å². The number of anilines is 1. The van der Waals surface area contributed by atoms with Crippen LogP contribution in [0.3, 0.4) is 0 Å². The maximum atomic E-state index is 13.7. The van der Waals surface area contributed by atoms with Gasteiger partial charge in [0.2, 0.25) is 15.9 Å². The van der Waals surface area contributed by atoms with Gasteiger partial charge in [0.05, 0.1) is 4.90 Å². The van der Waals surface area contributed by atoms with Crippen molar-refractivity contribution in [2.24, 2.45) is 11.1 Å². The Bertz CT molecular complexity index is 619. The quantitative estimate of drug-likeness (QED) is 0.888. The molecule has 2 rings (SSSR count). The zero-order valence-corrected chi connectivity index (χ0v) is 11.3. The average molecular weight is 304 g/mol. The van der Waals surface area contributed by atoms with Crippen molar-refractivity contribution in [3.8, 4) is 0 Å². The van der Waals surface area contributed by atoms with Crippen molar-refractivity contribution in [1.29, 1.82) is 0 Å². The number of amides is 1. The second-order valence-corrected chi connectivity index (χ2v) is 6.42. The van der Waals surface area contributed by atoms with Crippen molar-refractivity contribution < 1.29 is 22.0 Å². The molecule has 0 spiro atoms. The van der Waals surface area contributed by atoms with Gasteiger partial charge in [0.15, 0.2) is 11.6 Å². The molecular formula is C12H14F2N2O3S. The first-order valence-electron chi connectivity index (χ1n) is 6.09. The molecule has 1 aromatic rings. The van der Waals surface area contributed by atoms with E-state index in [2.05, 4.69) is 5.32 Å². The molecule has 1 aromatic carbocycles. The summed E-state index contributed by atoms with van der Waals surface area (Å²) in [5.41, 5.74) is -0.651. The lowest BCUT2D eigenvalue weighted by molar-refractivity contribution is -0.117. The van der Waals surface area contributed by atoms with Crippen molar-refractivity contribution in [3.63, 3.8) is 0 Å². The zero-order valence-electron chi connectivity index (χ0n) is 10.5. The molecule has 0 aliphatic heterocycles. The van der Waals surface area contributed by atoms with Crippen LogP contribution in [0.2, 0.25) is 0 Å². The van der Waals surface area contributed by atoms with Gasteiger partial charge in [-0.05, 0) is 30.9 Å². The lowest BCUT2D eigenvalue weighted by Gasteiger charge is -2.24. The number of benzene rings is 1. The van der Waals surface area contributed by atoms with Crippen LogP contribution in [-0.2, 0) is 14.8 Å². The molecule has 110 valence electrons. The number of hydrogen-bond acceptors (Lipinski definition) is 3. The van der Waals surface area contributed by atoms with Gasteiger partial charge >= 0.3 is 0 Å². The minimum absolute atomic E-state index is 0.204. The van der Waals surface area contributed by atoms with Crippen molar-refractivity contribution >= 4 is 21.6 Å². The minimum Gasteiger partial charge on any atom is -0.321 e. The summed E-state index contributed by atoms with van der Waals surface area (Å²) in [4.78, 5) is 10.9. The van der Waals surface area contributed by atoms with Gasteiger partial charge in [-0.2, -0.15) is 0 Å². The van der Waals surface area contributed by atoms with E-state index in [4.69, 9.17) is 5.14 Å². The Morgan fingerprint density at radius 1 is 1.30 bits per heavy atom. The molecule has 0 unspecified atom stereocenters. The summed E-state index contributed by atoms with van der Waals surface area (Å²) >= 11 is 0. The molecule has 0 aromatic heterocycles. The lowest BCUT2D eigenvalue weighted by Crippen LogP contribution is -2.22. The fourth-order valence-corrected chi connectivity index (χ4v) is 2.52. The number of halogens is 2. The first-order valence-corrected chi connectivity index (χ1v) is 7.63. The van der Waals surface area contributed by atoms with Crippen LogP contribution in [0.5, 0.6) is 0 Å². The van der Waals surface area contributed by atoms with E-state index in [1.807, 2.05) is 0 Å². The van der Waals surface area contributed by atoms with Gasteiger partial charge in [0.1, 0.15) is 5.69 Å². The normalized spacial score (nSPS) is 15.8. The van der Waals surface area contributed by atoms with E-state index in [-0.39, 0.29) is 12.3 Å². The van der Waals surface area contributed by atoms with E-state index in [1.54, 1.807) is 0 Å². The predicted molar refractivity (Wildman–Crippen MR) is 68.3 cm³/mol. The third-order valence-electron chi connectivity index (χ3n) is 3.31. The lowest BCUT2D eigenvalue weighted by atomic mass is 9.83. The molecule has 0 bridgehead atoms. The molecule has 1 aliphatic rings. The summed E-state index contributed by atoms with van der Waals surface area (Å²) in [7, 11) is -4.20. The number of sulfonamides is 1. The second-order valence-electron chi connectivity index (χ2n) is 4.86. The molecule has 0 heterocycles. The first kappa shape index (κ1) is 14.9. The summed E-state index contributed by atoms with van der Waals surface area (Å²) in [5, 5.41) is 6.92. The van der Waals surface area contributed by atoms with E-state index < -0.39 is 38.1 Å². The maximum Gasteiger partial charge on any atom is 0.238 e. The van der Waals surface area contributed by atoms with Crippen molar-refractivity contribution in [2.45, 2.75) is 30.6 Å². The fraction of sp³-hybridized carbons (Fsp3) is 0.417. The number of nitrogens with one attached hydrogen (secondary N) is 1. The van der Waals surface area contributed by atoms with Crippen molar-refractivity contribution in [2.75, 3.05) is 5.32 Å². The number of hydrogen-bond donors (Lipinski definition) is 2. The summed E-state index contributed by atoms with van der Waals surface area (Å²) in [6.45, 7) is 0. The highest BCUT2D eigenvalue weighted by atomic mass is 32.2. The number of nitrogens with two attached hydrogens (primary N) is 1. The molecule has 0 saturated heterocycles. The molecule has 0 atom stereocenters. The van der Waals surface area contributed by atoms with Gasteiger partial charge in [-0.15, -0.1) is 0 Å². The van der Waals surface area contributed by atoms with Crippen LogP contribution in [-0.4, -0.2) is 14.3 Å². The minimum atomic E-state index is -4.20. The molecule has 5 nitrogen and oxygen atoms in total. The molecule has 1 fully saturated rings. The van der Waals surface area contributed by atoms with Crippen molar-refractivity contribution in [3.05, 3.63) is 23.8 Å². The Morgan fingerprint density at radius 2 is 1.85 bits per heavy atom. The van der Waals surface area contributed by atoms with Crippen LogP contribution >= 0.6 is 0 Å². The number of rotatable bonds is 4. The first-order chi connectivity index (χ1) is 9.27. The van der Waals surface area contributed by atoms with Gasteiger partial charge in [-0.25, -0.2) is 22.3 Å². The monoisotopic (exact) mass is 304 g/mol. The summed E-state index contributed by atoms with van der Waals surface area (Å²) < 4.78 is 49.4. The Kier molecular flexibility index (Phi) is 4.05. The summed E-state index contributed by atoms with van der Waals surface area (Å²) in [5.74, 6) is -2.58. The highest BCUT2D eigenvalue weighted by Crippen LogP contribution is 2.30. The van der Waals surface area contributed by atoms with Crippen LogP contribution in [0.1, 0.15) is 25.7 Å². The highest BCUT2D eigenvalue weighted by molar-refractivity contribution is 7.89. The standard InChI is InChI=1S/C12H14F2N2O3S/c13-9-5-8(20(15,18)19)6-10(14)12(9)16-11(17)4-7-2-1-3-7/h5-7H,1-4H2,(H,16,17)(H2,15,18,19). The van der Waals surface area contributed by atoms with Crippen LogP contribution in [0.15, 0.2) is 17.0 Å². The topological polar surface area (TPSA) is 89.3 Å². The number of primary sulfonamides is 1. The smallest absolute Gasteiger partial charge is 0.238 e. The number of carbonyl (C=O) groups is 1. The van der Waals surface area contributed by atoms with Gasteiger partial charge in [0.25, 0.3) is 0 Å². The van der Waals surface area contributed by atoms with E-state index in [1.165, 1.54) is 0 Å². The van der Waals surface area contributed by atoms with E-state index in [0.29, 0.717) is 12.1 Å². The third kappa shape index (κ3) is 3.31. The molecule has 20 heavy (non-hydrogen) atoms. The Hall–Kier alpha value is -1.54. The van der Waals surface area contributed by atoms with E-state index in [9.17, 15) is 22.0 Å². The average Bonchev–Trinajstić information content (AvgIpc) is 2.27. The van der Waals surface area contributed by atoms with Crippen LogP contribution < -0.4 is 10.5 Å². The van der Waals surface area contributed by atoms with Crippen molar-refractivity contribution in [1.82, 2.24) is 0 Å². The second kappa shape index (κ2) is 5.45. The fourth-order valence-electron chi connectivity index (χ4n) is 1.98. The molecular weight excluding hydrogens is 290 g/mol. The molecule has 1 saturated carbocycles. The third-order valence-corrected chi connectivity index (χ3v) is 4.20. The van der Waals surface area contributed by atoms with Gasteiger partial charge in [0, 0.05) is 6.42 Å². The van der Waals surface area contributed by atoms with Gasteiger partial charge in [-0.3, -0.25) is 4.79 Å². The Balaban J connectivity index is 2.17. The molecule has 1 amide bonds. The van der Waals surface area contributed by atoms with Crippen LogP contribution in [0, 0.1) is 17.6 Å². The Morgan fingerprint density at radius 3 is 2.25 bits per heavy atom. The predicted octanol–water partition coefficient (Wildman–Crippen LogP) is 1.74. The zero-order chi connectivity index (χ0) is 14.9. The summed E-state index contributed by atoms with van der Waals surface area (Å²) in [6, 6.07) is 1.16. The largest absolute Gasteiger partial charge is 0.321 e.